The van der Waals surface area contributed by atoms with Crippen molar-refractivity contribution in [2.24, 2.45) is 5.92 Å². The van der Waals surface area contributed by atoms with Crippen LogP contribution in [0.15, 0.2) is 24.3 Å². The molecule has 0 spiro atoms. The molecule has 25 heavy (non-hydrogen) atoms. The summed E-state index contributed by atoms with van der Waals surface area (Å²) in [6.45, 7) is 5.00. The minimum atomic E-state index is -0.566. The molecule has 2 saturated carbocycles. The number of aliphatic hydroxyl groups is 1. The second-order valence-corrected chi connectivity index (χ2v) is 8.00. The molecule has 0 heterocycles. The van der Waals surface area contributed by atoms with E-state index in [0.29, 0.717) is 12.6 Å². The molecule has 3 rings (SSSR count). The van der Waals surface area contributed by atoms with Crippen molar-refractivity contribution >= 4 is 11.7 Å². The first-order valence-electron chi connectivity index (χ1n) is 9.57. The molecule has 0 saturated heterocycles. The molecule has 1 atom stereocenters. The Morgan fingerprint density at radius 1 is 1.20 bits per heavy atom. The first-order valence-corrected chi connectivity index (χ1v) is 9.57. The van der Waals surface area contributed by atoms with Crippen LogP contribution in [0.2, 0.25) is 0 Å². The van der Waals surface area contributed by atoms with Gasteiger partial charge in [0.1, 0.15) is 0 Å². The van der Waals surface area contributed by atoms with Gasteiger partial charge in [0, 0.05) is 24.3 Å². The number of benzene rings is 1. The number of urea groups is 1. The Morgan fingerprint density at radius 3 is 2.44 bits per heavy atom. The van der Waals surface area contributed by atoms with E-state index in [1.807, 2.05) is 24.3 Å². The molecular weight excluding hydrogens is 314 g/mol. The molecule has 1 unspecified atom stereocenters. The first kappa shape index (κ1) is 18.2. The van der Waals surface area contributed by atoms with E-state index in [2.05, 4.69) is 29.8 Å². The van der Waals surface area contributed by atoms with Crippen molar-refractivity contribution in [3.05, 3.63) is 29.8 Å². The average molecular weight is 345 g/mol. The van der Waals surface area contributed by atoms with Crippen molar-refractivity contribution in [2.45, 2.75) is 70.1 Å². The van der Waals surface area contributed by atoms with Gasteiger partial charge in [0.05, 0.1) is 5.60 Å². The van der Waals surface area contributed by atoms with Gasteiger partial charge in [-0.2, -0.15) is 0 Å². The Kier molecular flexibility index (Phi) is 5.64. The largest absolute Gasteiger partial charge is 0.389 e. The maximum atomic E-state index is 11.8. The van der Waals surface area contributed by atoms with Crippen LogP contribution in [0.25, 0.3) is 0 Å². The van der Waals surface area contributed by atoms with E-state index in [9.17, 15) is 9.90 Å². The first-order chi connectivity index (χ1) is 11.9. The van der Waals surface area contributed by atoms with Gasteiger partial charge in [-0.3, -0.25) is 0 Å². The number of rotatable bonds is 6. The smallest absolute Gasteiger partial charge is 0.319 e. The van der Waals surface area contributed by atoms with Gasteiger partial charge >= 0.3 is 6.03 Å². The Morgan fingerprint density at radius 2 is 1.84 bits per heavy atom. The third kappa shape index (κ3) is 5.44. The van der Waals surface area contributed by atoms with Crippen molar-refractivity contribution in [2.75, 3.05) is 11.9 Å². The second kappa shape index (κ2) is 7.75. The molecule has 5 heteroatoms. The van der Waals surface area contributed by atoms with Crippen LogP contribution in [0.4, 0.5) is 10.5 Å². The summed E-state index contributed by atoms with van der Waals surface area (Å²) < 4.78 is 0. The lowest BCUT2D eigenvalue weighted by Crippen LogP contribution is -2.44. The fourth-order valence-corrected chi connectivity index (χ4v) is 3.37. The highest BCUT2D eigenvalue weighted by atomic mass is 16.3. The highest BCUT2D eigenvalue weighted by Gasteiger charge is 2.31. The number of carbonyl (C=O) groups is 1. The van der Waals surface area contributed by atoms with Crippen molar-refractivity contribution in [1.82, 2.24) is 10.6 Å². The number of nitrogens with one attached hydrogen (secondary N) is 3. The van der Waals surface area contributed by atoms with Crippen LogP contribution in [0.3, 0.4) is 0 Å². The van der Waals surface area contributed by atoms with E-state index in [-0.39, 0.29) is 12.1 Å². The SMILES string of the molecule is CC1CCC(O)(CNC(C)c2ccc(NC(=O)NC3CC3)cc2)CC1. The predicted octanol–water partition coefficient (Wildman–Crippen LogP) is 3.56. The molecule has 2 amide bonds. The summed E-state index contributed by atoms with van der Waals surface area (Å²) >= 11 is 0. The topological polar surface area (TPSA) is 73.4 Å². The van der Waals surface area contributed by atoms with Gasteiger partial charge in [0.25, 0.3) is 0 Å². The number of anilines is 1. The standard InChI is InChI=1S/C20H31N3O2/c1-14-9-11-20(25,12-10-14)13-21-15(2)16-3-5-17(6-4-16)22-19(24)23-18-7-8-18/h3-6,14-15,18,21,25H,7-13H2,1-2H3,(H2,22,23,24). The molecule has 1 aromatic rings. The summed E-state index contributed by atoms with van der Waals surface area (Å²) in [4.78, 5) is 11.8. The van der Waals surface area contributed by atoms with Crippen LogP contribution < -0.4 is 16.0 Å². The highest BCUT2D eigenvalue weighted by Crippen LogP contribution is 2.31. The number of amides is 2. The lowest BCUT2D eigenvalue weighted by molar-refractivity contribution is -0.00783. The molecule has 0 bridgehead atoms. The van der Waals surface area contributed by atoms with Crippen molar-refractivity contribution in [1.29, 1.82) is 0 Å². The van der Waals surface area contributed by atoms with Gasteiger partial charge in [0.15, 0.2) is 0 Å². The average Bonchev–Trinajstić information content (AvgIpc) is 3.40. The molecule has 5 nitrogen and oxygen atoms in total. The Labute approximate surface area is 150 Å². The van der Waals surface area contributed by atoms with E-state index in [1.54, 1.807) is 0 Å². The fraction of sp³-hybridized carbons (Fsp3) is 0.650. The van der Waals surface area contributed by atoms with E-state index < -0.39 is 5.60 Å². The van der Waals surface area contributed by atoms with Crippen LogP contribution in [0.5, 0.6) is 0 Å². The summed E-state index contributed by atoms with van der Waals surface area (Å²) in [6.07, 6.45) is 6.15. The summed E-state index contributed by atoms with van der Waals surface area (Å²) in [5, 5.41) is 19.9. The minimum Gasteiger partial charge on any atom is -0.389 e. The molecular formula is C20H31N3O2. The van der Waals surface area contributed by atoms with E-state index >= 15 is 0 Å². The highest BCUT2D eigenvalue weighted by molar-refractivity contribution is 5.89. The van der Waals surface area contributed by atoms with E-state index in [0.717, 1.165) is 55.7 Å². The summed E-state index contributed by atoms with van der Waals surface area (Å²) in [5.74, 6) is 0.731. The fourth-order valence-electron chi connectivity index (χ4n) is 3.37. The Bertz CT molecular complexity index is 575. The third-order valence-corrected chi connectivity index (χ3v) is 5.52. The van der Waals surface area contributed by atoms with E-state index in [1.165, 1.54) is 0 Å². The molecule has 4 N–H and O–H groups in total. The van der Waals surface area contributed by atoms with Gasteiger partial charge in [0.2, 0.25) is 0 Å². The molecule has 0 aliphatic heterocycles. The van der Waals surface area contributed by atoms with Crippen molar-refractivity contribution < 1.29 is 9.90 Å². The molecule has 2 aliphatic rings. The van der Waals surface area contributed by atoms with Gasteiger partial charge < -0.3 is 21.1 Å². The zero-order valence-electron chi connectivity index (χ0n) is 15.3. The van der Waals surface area contributed by atoms with Crippen molar-refractivity contribution in [3.8, 4) is 0 Å². The van der Waals surface area contributed by atoms with Crippen LogP contribution in [0, 0.1) is 5.92 Å². The maximum Gasteiger partial charge on any atom is 0.319 e. The van der Waals surface area contributed by atoms with Crippen LogP contribution >= 0.6 is 0 Å². The molecule has 2 fully saturated rings. The summed E-state index contributed by atoms with van der Waals surface area (Å²) in [6, 6.07) is 8.30. The van der Waals surface area contributed by atoms with Crippen LogP contribution in [-0.2, 0) is 0 Å². The lowest BCUT2D eigenvalue weighted by Gasteiger charge is -2.36. The van der Waals surface area contributed by atoms with Crippen molar-refractivity contribution in [3.63, 3.8) is 0 Å². The zero-order chi connectivity index (χ0) is 17.9. The lowest BCUT2D eigenvalue weighted by atomic mass is 9.79. The number of hydrogen-bond donors (Lipinski definition) is 4. The van der Waals surface area contributed by atoms with Gasteiger partial charge in [-0.15, -0.1) is 0 Å². The van der Waals surface area contributed by atoms with E-state index in [4.69, 9.17) is 0 Å². The number of carbonyl (C=O) groups excluding carboxylic acids is 1. The molecule has 2 aliphatic carbocycles. The van der Waals surface area contributed by atoms with Crippen LogP contribution in [-0.4, -0.2) is 29.3 Å². The Hall–Kier alpha value is -1.59. The van der Waals surface area contributed by atoms with Gasteiger partial charge in [-0.1, -0.05) is 19.1 Å². The monoisotopic (exact) mass is 345 g/mol. The molecule has 138 valence electrons. The maximum absolute atomic E-state index is 11.8. The quantitative estimate of drug-likeness (QED) is 0.637. The third-order valence-electron chi connectivity index (χ3n) is 5.52. The molecule has 0 aromatic heterocycles. The van der Waals surface area contributed by atoms with Crippen LogP contribution in [0.1, 0.15) is 64.0 Å². The molecule has 1 aromatic carbocycles. The Balaban J connectivity index is 1.46. The van der Waals surface area contributed by atoms with Gasteiger partial charge in [-0.05, 0) is 69.1 Å². The summed E-state index contributed by atoms with van der Waals surface area (Å²) in [7, 11) is 0. The normalized spacial score (nSPS) is 27.6. The summed E-state index contributed by atoms with van der Waals surface area (Å²) in [5.41, 5.74) is 1.39. The predicted molar refractivity (Wildman–Crippen MR) is 101 cm³/mol. The zero-order valence-corrected chi connectivity index (χ0v) is 15.3. The molecule has 0 radical (unpaired) electrons. The number of hydrogen-bond acceptors (Lipinski definition) is 3. The second-order valence-electron chi connectivity index (χ2n) is 8.00. The van der Waals surface area contributed by atoms with Gasteiger partial charge in [-0.25, -0.2) is 4.79 Å². The minimum absolute atomic E-state index is 0.129.